The van der Waals surface area contributed by atoms with Crippen LogP contribution in [0.2, 0.25) is 0 Å². The second-order valence-electron chi connectivity index (χ2n) is 6.35. The van der Waals surface area contributed by atoms with Gasteiger partial charge in [0.25, 0.3) is 0 Å². The highest BCUT2D eigenvalue weighted by atomic mass is 32.2. The maximum atomic E-state index is 13.0. The van der Waals surface area contributed by atoms with Crippen LogP contribution in [0.15, 0.2) is 54.6 Å². The van der Waals surface area contributed by atoms with Crippen LogP contribution in [-0.4, -0.2) is 31.9 Å². The van der Waals surface area contributed by atoms with Crippen molar-refractivity contribution in [2.45, 2.75) is 31.1 Å². The molecule has 4 nitrogen and oxygen atoms in total. The summed E-state index contributed by atoms with van der Waals surface area (Å²) < 4.78 is 23.8. The van der Waals surface area contributed by atoms with Crippen molar-refractivity contribution >= 4 is 21.4 Å². The van der Waals surface area contributed by atoms with E-state index in [2.05, 4.69) is 12.1 Å². The third-order valence-corrected chi connectivity index (χ3v) is 6.14. The molecule has 5 heteroatoms. The fourth-order valence-corrected chi connectivity index (χ4v) is 3.68. The van der Waals surface area contributed by atoms with Crippen LogP contribution >= 0.6 is 0 Å². The van der Waals surface area contributed by atoms with Crippen molar-refractivity contribution in [1.82, 2.24) is 0 Å². The lowest BCUT2D eigenvalue weighted by Gasteiger charge is -2.31. The first-order valence-electron chi connectivity index (χ1n) is 8.01. The Morgan fingerprint density at radius 1 is 1.00 bits per heavy atom. The quantitative estimate of drug-likeness (QED) is 0.857. The SMILES string of the molecule is CC(C(=O)N(c1ccccc1)C1Cc2ccccc2C1)S(C)(=O)=O. The lowest BCUT2D eigenvalue weighted by atomic mass is 10.1. The molecule has 1 atom stereocenters. The summed E-state index contributed by atoms with van der Waals surface area (Å²) in [4.78, 5) is 14.6. The number of fused-ring (bicyclic) bond motifs is 1. The molecular weight excluding hydrogens is 322 g/mol. The molecule has 0 radical (unpaired) electrons. The predicted octanol–water partition coefficient (Wildman–Crippen LogP) is 2.62. The maximum absolute atomic E-state index is 13.0. The molecule has 1 aliphatic carbocycles. The molecule has 0 heterocycles. The molecule has 1 amide bonds. The van der Waals surface area contributed by atoms with E-state index < -0.39 is 15.1 Å². The minimum absolute atomic E-state index is 0.0542. The highest BCUT2D eigenvalue weighted by Crippen LogP contribution is 2.30. The van der Waals surface area contributed by atoms with Gasteiger partial charge in [-0.05, 0) is 43.0 Å². The minimum atomic E-state index is -3.44. The van der Waals surface area contributed by atoms with Gasteiger partial charge in [0.05, 0.1) is 0 Å². The Morgan fingerprint density at radius 3 is 2.00 bits per heavy atom. The van der Waals surface area contributed by atoms with E-state index in [0.29, 0.717) is 0 Å². The Kier molecular flexibility index (Phi) is 4.45. The van der Waals surface area contributed by atoms with Gasteiger partial charge in [0.15, 0.2) is 9.84 Å². The average Bonchev–Trinajstić information content (AvgIpc) is 2.97. The zero-order chi connectivity index (χ0) is 17.3. The number of para-hydroxylation sites is 1. The van der Waals surface area contributed by atoms with Gasteiger partial charge in [-0.3, -0.25) is 4.79 Å². The third-order valence-electron chi connectivity index (χ3n) is 4.66. The first kappa shape index (κ1) is 16.7. The lowest BCUT2D eigenvalue weighted by Crippen LogP contribution is -2.47. The molecule has 1 unspecified atom stereocenters. The molecule has 0 fully saturated rings. The molecule has 0 saturated heterocycles. The largest absolute Gasteiger partial charge is 0.308 e. The summed E-state index contributed by atoms with van der Waals surface area (Å²) >= 11 is 0. The summed E-state index contributed by atoms with van der Waals surface area (Å²) in [6, 6.07) is 17.4. The highest BCUT2D eigenvalue weighted by Gasteiger charge is 2.36. The Labute approximate surface area is 143 Å². The molecule has 2 aromatic carbocycles. The van der Waals surface area contributed by atoms with E-state index >= 15 is 0 Å². The maximum Gasteiger partial charge on any atom is 0.245 e. The molecule has 0 N–H and O–H groups in total. The van der Waals surface area contributed by atoms with Crippen LogP contribution in [0, 0.1) is 0 Å². The number of sulfone groups is 1. The van der Waals surface area contributed by atoms with Crippen molar-refractivity contribution < 1.29 is 13.2 Å². The molecule has 2 aromatic rings. The number of rotatable bonds is 4. The van der Waals surface area contributed by atoms with Gasteiger partial charge in [-0.15, -0.1) is 0 Å². The van der Waals surface area contributed by atoms with Crippen LogP contribution in [0.4, 0.5) is 5.69 Å². The van der Waals surface area contributed by atoms with Crippen molar-refractivity contribution in [3.63, 3.8) is 0 Å². The number of carbonyl (C=O) groups is 1. The Morgan fingerprint density at radius 2 is 1.50 bits per heavy atom. The fraction of sp³-hybridized carbons (Fsp3) is 0.316. The second-order valence-corrected chi connectivity index (χ2v) is 8.71. The summed E-state index contributed by atoms with van der Waals surface area (Å²) in [5, 5.41) is -1.05. The number of anilines is 1. The van der Waals surface area contributed by atoms with Gasteiger partial charge in [-0.2, -0.15) is 0 Å². The predicted molar refractivity (Wildman–Crippen MR) is 95.9 cm³/mol. The first-order chi connectivity index (χ1) is 11.4. The lowest BCUT2D eigenvalue weighted by molar-refractivity contribution is -0.118. The van der Waals surface area contributed by atoms with Gasteiger partial charge in [-0.1, -0.05) is 42.5 Å². The van der Waals surface area contributed by atoms with Gasteiger partial charge < -0.3 is 4.90 Å². The summed E-state index contributed by atoms with van der Waals surface area (Å²) in [6.45, 7) is 1.47. The van der Waals surface area contributed by atoms with Crippen LogP contribution in [-0.2, 0) is 27.5 Å². The Bertz CT molecular complexity index is 821. The van der Waals surface area contributed by atoms with E-state index in [-0.39, 0.29) is 11.9 Å². The summed E-state index contributed by atoms with van der Waals surface area (Å²) in [5.74, 6) is -0.360. The van der Waals surface area contributed by atoms with E-state index in [4.69, 9.17) is 0 Å². The number of carbonyl (C=O) groups excluding carboxylic acids is 1. The third kappa shape index (κ3) is 3.22. The molecule has 24 heavy (non-hydrogen) atoms. The van der Waals surface area contributed by atoms with Crippen molar-refractivity contribution in [3.8, 4) is 0 Å². The molecule has 126 valence electrons. The number of nitrogens with zero attached hydrogens (tertiary/aromatic N) is 1. The Balaban J connectivity index is 1.97. The monoisotopic (exact) mass is 343 g/mol. The van der Waals surface area contributed by atoms with Gasteiger partial charge in [-0.25, -0.2) is 8.42 Å². The summed E-state index contributed by atoms with van der Waals surface area (Å²) in [6.07, 6.45) is 2.60. The molecular formula is C19H21NO3S. The second kappa shape index (κ2) is 6.40. The van der Waals surface area contributed by atoms with E-state index in [9.17, 15) is 13.2 Å². The fourth-order valence-electron chi connectivity index (χ4n) is 3.20. The molecule has 0 aromatic heterocycles. The highest BCUT2D eigenvalue weighted by molar-refractivity contribution is 7.92. The van der Waals surface area contributed by atoms with E-state index in [1.807, 2.05) is 42.5 Å². The van der Waals surface area contributed by atoms with Crippen molar-refractivity contribution in [3.05, 3.63) is 65.7 Å². The van der Waals surface area contributed by atoms with Crippen LogP contribution in [0.3, 0.4) is 0 Å². The Hall–Kier alpha value is -2.14. The average molecular weight is 343 g/mol. The zero-order valence-corrected chi connectivity index (χ0v) is 14.7. The van der Waals surface area contributed by atoms with Crippen molar-refractivity contribution in [2.75, 3.05) is 11.2 Å². The topological polar surface area (TPSA) is 54.5 Å². The molecule has 0 spiro atoms. The van der Waals surface area contributed by atoms with E-state index in [1.54, 1.807) is 4.90 Å². The number of hydrogen-bond acceptors (Lipinski definition) is 3. The van der Waals surface area contributed by atoms with Gasteiger partial charge >= 0.3 is 0 Å². The van der Waals surface area contributed by atoms with Crippen LogP contribution in [0.25, 0.3) is 0 Å². The minimum Gasteiger partial charge on any atom is -0.308 e. The van der Waals surface area contributed by atoms with E-state index in [1.165, 1.54) is 18.1 Å². The standard InChI is InChI=1S/C19H21NO3S/c1-14(24(2,22)23)19(21)20(17-10-4-3-5-11-17)18-12-15-8-6-7-9-16(15)13-18/h3-11,14,18H,12-13H2,1-2H3. The molecule has 0 bridgehead atoms. The van der Waals surface area contributed by atoms with Gasteiger partial charge in [0, 0.05) is 18.0 Å². The molecule has 3 rings (SSSR count). The van der Waals surface area contributed by atoms with Gasteiger partial charge in [0.2, 0.25) is 5.91 Å². The zero-order valence-electron chi connectivity index (χ0n) is 13.8. The van der Waals surface area contributed by atoms with Crippen LogP contribution < -0.4 is 4.90 Å². The van der Waals surface area contributed by atoms with Crippen molar-refractivity contribution in [2.24, 2.45) is 0 Å². The molecule has 0 aliphatic heterocycles. The van der Waals surface area contributed by atoms with Crippen LogP contribution in [0.1, 0.15) is 18.1 Å². The van der Waals surface area contributed by atoms with Crippen molar-refractivity contribution in [1.29, 1.82) is 0 Å². The summed E-state index contributed by atoms with van der Waals surface area (Å²) in [5.41, 5.74) is 3.20. The number of benzene rings is 2. The molecule has 1 aliphatic rings. The molecule has 0 saturated carbocycles. The van der Waals surface area contributed by atoms with Gasteiger partial charge in [0.1, 0.15) is 5.25 Å². The number of amides is 1. The smallest absolute Gasteiger partial charge is 0.245 e. The van der Waals surface area contributed by atoms with Crippen LogP contribution in [0.5, 0.6) is 0 Å². The first-order valence-corrected chi connectivity index (χ1v) is 9.97. The summed E-state index contributed by atoms with van der Waals surface area (Å²) in [7, 11) is -3.44. The normalized spacial score (nSPS) is 15.8. The van der Waals surface area contributed by atoms with E-state index in [0.717, 1.165) is 24.8 Å². The number of hydrogen-bond donors (Lipinski definition) is 0.